The van der Waals surface area contributed by atoms with Crippen LogP contribution in [0.25, 0.3) is 0 Å². The van der Waals surface area contributed by atoms with Gasteiger partial charge in [-0.25, -0.2) is 4.79 Å². The van der Waals surface area contributed by atoms with Crippen molar-refractivity contribution in [3.05, 3.63) is 29.8 Å². The Morgan fingerprint density at radius 3 is 2.59 bits per heavy atom. The Morgan fingerprint density at radius 2 is 2.06 bits per heavy atom. The van der Waals surface area contributed by atoms with Crippen molar-refractivity contribution in [2.45, 2.75) is 13.0 Å². The Hall–Kier alpha value is -1.75. The zero-order valence-corrected chi connectivity index (χ0v) is 10.4. The van der Waals surface area contributed by atoms with Crippen LogP contribution in [0.1, 0.15) is 17.3 Å². The summed E-state index contributed by atoms with van der Waals surface area (Å²) >= 11 is 0. The van der Waals surface area contributed by atoms with Crippen LogP contribution in [0.15, 0.2) is 24.3 Å². The Morgan fingerprint density at radius 1 is 1.41 bits per heavy atom. The first-order chi connectivity index (χ1) is 7.54. The summed E-state index contributed by atoms with van der Waals surface area (Å²) in [7, 11) is 1.27. The number of benzene rings is 1. The molecule has 1 atom stereocenters. The molecule has 1 unspecified atom stereocenters. The number of nitrogens with two attached hydrogens (primary N) is 1. The van der Waals surface area contributed by atoms with Crippen LogP contribution in [0.5, 0.6) is 0 Å². The molecule has 0 radical (unpaired) electrons. The highest BCUT2D eigenvalue weighted by molar-refractivity contribution is 5.97. The number of carbonyl (C=O) groups excluding carboxylic acids is 2. The number of carbonyl (C=O) groups is 2. The van der Waals surface area contributed by atoms with Gasteiger partial charge in [0, 0.05) is 11.3 Å². The molecule has 0 saturated heterocycles. The fraction of sp³-hybridized carbons (Fsp3) is 0.273. The van der Waals surface area contributed by atoms with Gasteiger partial charge in [-0.15, -0.1) is 12.4 Å². The third-order valence-electron chi connectivity index (χ3n) is 2.05. The smallest absolute Gasteiger partial charge is 0.328 e. The third kappa shape index (κ3) is 4.32. The molecule has 5 nitrogen and oxygen atoms in total. The number of rotatable bonds is 3. The molecular weight excluding hydrogens is 244 g/mol. The van der Waals surface area contributed by atoms with Crippen LogP contribution in [-0.4, -0.2) is 25.0 Å². The number of esters is 1. The molecule has 3 N–H and O–H groups in total. The van der Waals surface area contributed by atoms with Gasteiger partial charge < -0.3 is 15.8 Å². The van der Waals surface area contributed by atoms with E-state index in [1.54, 1.807) is 31.2 Å². The number of hydrogen-bond donors (Lipinski definition) is 2. The highest BCUT2D eigenvalue weighted by Crippen LogP contribution is 2.06. The number of hydrogen-bond acceptors (Lipinski definition) is 4. The molecule has 0 aliphatic rings. The molecule has 17 heavy (non-hydrogen) atoms. The topological polar surface area (TPSA) is 81.4 Å². The first-order valence-corrected chi connectivity index (χ1v) is 4.79. The summed E-state index contributed by atoms with van der Waals surface area (Å²) in [4.78, 5) is 22.7. The average molecular weight is 259 g/mol. The molecule has 0 spiro atoms. The highest BCUT2D eigenvalue weighted by Gasteiger charge is 2.16. The van der Waals surface area contributed by atoms with E-state index in [-0.39, 0.29) is 18.3 Å². The van der Waals surface area contributed by atoms with Crippen molar-refractivity contribution in [1.29, 1.82) is 0 Å². The Kier molecular flexibility index (Phi) is 6.06. The second kappa shape index (κ2) is 6.75. The van der Waals surface area contributed by atoms with E-state index in [1.807, 2.05) is 0 Å². The Labute approximate surface area is 106 Å². The van der Waals surface area contributed by atoms with Crippen molar-refractivity contribution in [2.24, 2.45) is 0 Å². The van der Waals surface area contributed by atoms with E-state index in [2.05, 4.69) is 10.1 Å². The minimum absolute atomic E-state index is 0. The van der Waals surface area contributed by atoms with E-state index in [0.29, 0.717) is 11.3 Å². The summed E-state index contributed by atoms with van der Waals surface area (Å²) in [5, 5.41) is 2.51. The molecule has 0 saturated carbocycles. The fourth-order valence-corrected chi connectivity index (χ4v) is 1.20. The van der Waals surface area contributed by atoms with Crippen LogP contribution in [0.3, 0.4) is 0 Å². The molecule has 0 aromatic heterocycles. The summed E-state index contributed by atoms with van der Waals surface area (Å²) < 4.78 is 4.49. The van der Waals surface area contributed by atoms with Gasteiger partial charge in [0.15, 0.2) is 0 Å². The number of methoxy groups -OCH3 is 1. The van der Waals surface area contributed by atoms with Crippen molar-refractivity contribution >= 4 is 30.0 Å². The zero-order chi connectivity index (χ0) is 12.1. The molecule has 0 aliphatic carbocycles. The second-order valence-electron chi connectivity index (χ2n) is 3.34. The lowest BCUT2D eigenvalue weighted by Crippen LogP contribution is -2.39. The van der Waals surface area contributed by atoms with E-state index in [0.717, 1.165) is 0 Å². The number of halogens is 1. The summed E-state index contributed by atoms with van der Waals surface area (Å²) in [5.41, 5.74) is 6.45. The first-order valence-electron chi connectivity index (χ1n) is 4.79. The van der Waals surface area contributed by atoms with Crippen molar-refractivity contribution in [1.82, 2.24) is 5.32 Å². The van der Waals surface area contributed by atoms with Gasteiger partial charge in [-0.3, -0.25) is 4.79 Å². The molecule has 0 bridgehead atoms. The van der Waals surface area contributed by atoms with Gasteiger partial charge in [0.05, 0.1) is 7.11 Å². The van der Waals surface area contributed by atoms with Crippen molar-refractivity contribution < 1.29 is 14.3 Å². The van der Waals surface area contributed by atoms with Crippen molar-refractivity contribution in [3.63, 3.8) is 0 Å². The molecule has 1 aromatic carbocycles. The molecule has 6 heteroatoms. The molecular formula is C11H15ClN2O3. The Bertz CT molecular complexity index is 409. The number of amides is 1. The number of nitrogen functional groups attached to an aromatic ring is 1. The van der Waals surface area contributed by atoms with Gasteiger partial charge in [-0.2, -0.15) is 0 Å². The van der Waals surface area contributed by atoms with Crippen LogP contribution >= 0.6 is 12.4 Å². The van der Waals surface area contributed by atoms with E-state index >= 15 is 0 Å². The minimum atomic E-state index is -0.682. The number of ether oxygens (including phenoxy) is 1. The SMILES string of the molecule is COC(=O)C(C)NC(=O)c1cccc(N)c1.Cl. The van der Waals surface area contributed by atoms with E-state index in [9.17, 15) is 9.59 Å². The van der Waals surface area contributed by atoms with E-state index in [1.165, 1.54) is 7.11 Å². The maximum absolute atomic E-state index is 11.7. The molecule has 94 valence electrons. The molecule has 1 amide bonds. The van der Waals surface area contributed by atoms with Gasteiger partial charge in [0.1, 0.15) is 6.04 Å². The lowest BCUT2D eigenvalue weighted by atomic mass is 10.2. The summed E-state index contributed by atoms with van der Waals surface area (Å²) in [6.07, 6.45) is 0. The summed E-state index contributed by atoms with van der Waals surface area (Å²) in [6, 6.07) is 5.83. The first kappa shape index (κ1) is 15.2. The molecule has 0 fully saturated rings. The standard InChI is InChI=1S/C11H14N2O3.ClH/c1-7(11(15)16-2)13-10(14)8-4-3-5-9(12)6-8;/h3-7H,12H2,1-2H3,(H,13,14);1H. The van der Waals surface area contributed by atoms with E-state index in [4.69, 9.17) is 5.73 Å². The second-order valence-corrected chi connectivity index (χ2v) is 3.34. The average Bonchev–Trinajstić information content (AvgIpc) is 2.27. The van der Waals surface area contributed by atoms with Crippen LogP contribution in [-0.2, 0) is 9.53 Å². The summed E-state index contributed by atoms with van der Waals surface area (Å²) in [5.74, 6) is -0.845. The zero-order valence-electron chi connectivity index (χ0n) is 9.60. The lowest BCUT2D eigenvalue weighted by Gasteiger charge is -2.11. The normalized spacial score (nSPS) is 10.9. The van der Waals surface area contributed by atoms with Crippen LogP contribution in [0.2, 0.25) is 0 Å². The van der Waals surface area contributed by atoms with Crippen LogP contribution in [0, 0.1) is 0 Å². The van der Waals surface area contributed by atoms with Crippen LogP contribution in [0.4, 0.5) is 5.69 Å². The lowest BCUT2D eigenvalue weighted by molar-refractivity contribution is -0.142. The molecule has 1 rings (SSSR count). The van der Waals surface area contributed by atoms with Gasteiger partial charge in [0.2, 0.25) is 0 Å². The molecule has 0 heterocycles. The number of anilines is 1. The van der Waals surface area contributed by atoms with Gasteiger partial charge in [-0.05, 0) is 25.1 Å². The summed E-state index contributed by atoms with van der Waals surface area (Å²) in [6.45, 7) is 1.55. The quantitative estimate of drug-likeness (QED) is 0.626. The molecule has 0 aliphatic heterocycles. The predicted molar refractivity (Wildman–Crippen MR) is 67.0 cm³/mol. The fourth-order valence-electron chi connectivity index (χ4n) is 1.20. The monoisotopic (exact) mass is 258 g/mol. The molecule has 1 aromatic rings. The van der Waals surface area contributed by atoms with Crippen molar-refractivity contribution in [3.8, 4) is 0 Å². The van der Waals surface area contributed by atoms with Gasteiger partial charge in [-0.1, -0.05) is 6.07 Å². The van der Waals surface area contributed by atoms with Gasteiger partial charge >= 0.3 is 5.97 Å². The van der Waals surface area contributed by atoms with E-state index < -0.39 is 12.0 Å². The third-order valence-corrected chi connectivity index (χ3v) is 2.05. The highest BCUT2D eigenvalue weighted by atomic mass is 35.5. The van der Waals surface area contributed by atoms with Crippen molar-refractivity contribution in [2.75, 3.05) is 12.8 Å². The van der Waals surface area contributed by atoms with Gasteiger partial charge in [0.25, 0.3) is 5.91 Å². The number of nitrogens with one attached hydrogen (secondary N) is 1. The Balaban J connectivity index is 0.00000256. The minimum Gasteiger partial charge on any atom is -0.467 e. The maximum atomic E-state index is 11.7. The largest absolute Gasteiger partial charge is 0.467 e. The predicted octanol–water partition coefficient (Wildman–Crippen LogP) is 0.982. The van der Waals surface area contributed by atoms with Crippen LogP contribution < -0.4 is 11.1 Å². The maximum Gasteiger partial charge on any atom is 0.328 e.